The van der Waals surface area contributed by atoms with Crippen LogP contribution in [-0.4, -0.2) is 49.1 Å². The summed E-state index contributed by atoms with van der Waals surface area (Å²) in [6, 6.07) is 7.64. The van der Waals surface area contributed by atoms with Crippen molar-refractivity contribution in [1.29, 1.82) is 0 Å². The summed E-state index contributed by atoms with van der Waals surface area (Å²) >= 11 is 0. The predicted molar refractivity (Wildman–Crippen MR) is 103 cm³/mol. The van der Waals surface area contributed by atoms with Gasteiger partial charge < -0.3 is 5.32 Å². The Bertz CT molecular complexity index is 742. The number of piperidine rings is 2. The van der Waals surface area contributed by atoms with Gasteiger partial charge in [-0.2, -0.15) is 17.0 Å². The van der Waals surface area contributed by atoms with Gasteiger partial charge in [0.25, 0.3) is 10.2 Å². The van der Waals surface area contributed by atoms with Gasteiger partial charge in [0.1, 0.15) is 0 Å². The fourth-order valence-corrected chi connectivity index (χ4v) is 5.42. The number of carbonyl (C=O) groups excluding carboxylic acids is 1. The van der Waals surface area contributed by atoms with Crippen molar-refractivity contribution < 1.29 is 13.2 Å². The maximum Gasteiger partial charge on any atom is 0.281 e. The van der Waals surface area contributed by atoms with Crippen molar-refractivity contribution in [2.24, 2.45) is 11.8 Å². The van der Waals surface area contributed by atoms with Crippen molar-refractivity contribution in [3.63, 3.8) is 0 Å². The Morgan fingerprint density at radius 1 is 1.08 bits per heavy atom. The van der Waals surface area contributed by atoms with Gasteiger partial charge in [-0.25, -0.2) is 0 Å². The van der Waals surface area contributed by atoms with Crippen LogP contribution in [0, 0.1) is 18.8 Å². The van der Waals surface area contributed by atoms with Gasteiger partial charge >= 0.3 is 0 Å². The first-order valence-corrected chi connectivity index (χ1v) is 10.9. The molecule has 7 heteroatoms. The van der Waals surface area contributed by atoms with Crippen molar-refractivity contribution in [3.05, 3.63) is 29.8 Å². The molecule has 1 amide bonds. The van der Waals surface area contributed by atoms with Crippen molar-refractivity contribution in [2.45, 2.75) is 39.5 Å². The number of para-hydroxylation sites is 1. The van der Waals surface area contributed by atoms with Gasteiger partial charge in [-0.3, -0.25) is 4.79 Å². The standard InChI is InChI=1S/C19H29N3O3S/c1-15-9-12-21(13-10-15)26(24,25)22-11-5-7-17(14-22)19(23)20-18-8-4-3-6-16(18)2/h3-4,6,8,15,17H,5,7,9-14H2,1-2H3,(H,20,23). The maximum absolute atomic E-state index is 12.9. The van der Waals surface area contributed by atoms with Crippen LogP contribution in [0.4, 0.5) is 5.69 Å². The first-order valence-electron chi connectivity index (χ1n) is 9.49. The molecule has 0 radical (unpaired) electrons. The molecule has 2 heterocycles. The lowest BCUT2D eigenvalue weighted by Gasteiger charge is -2.37. The normalized spacial score (nSPS) is 23.7. The van der Waals surface area contributed by atoms with Gasteiger partial charge in [0.05, 0.1) is 5.92 Å². The van der Waals surface area contributed by atoms with Gasteiger partial charge in [0.15, 0.2) is 0 Å². The summed E-state index contributed by atoms with van der Waals surface area (Å²) in [5, 5.41) is 2.96. The number of amides is 1. The molecule has 0 saturated carbocycles. The fourth-order valence-electron chi connectivity index (χ4n) is 3.69. The van der Waals surface area contributed by atoms with Gasteiger partial charge in [-0.05, 0) is 50.2 Å². The molecule has 2 saturated heterocycles. The Labute approximate surface area is 156 Å². The summed E-state index contributed by atoms with van der Waals surface area (Å²) in [4.78, 5) is 12.7. The summed E-state index contributed by atoms with van der Waals surface area (Å²) in [5.41, 5.74) is 1.80. The van der Waals surface area contributed by atoms with Gasteiger partial charge in [0.2, 0.25) is 5.91 Å². The molecule has 1 aromatic carbocycles. The molecule has 0 aromatic heterocycles. The number of rotatable bonds is 4. The van der Waals surface area contributed by atoms with E-state index in [1.165, 1.54) is 4.31 Å². The van der Waals surface area contributed by atoms with Gasteiger partial charge in [0, 0.05) is 31.9 Å². The zero-order valence-corrected chi connectivity index (χ0v) is 16.5. The molecule has 1 unspecified atom stereocenters. The Hall–Kier alpha value is -1.44. The maximum atomic E-state index is 12.9. The highest BCUT2D eigenvalue weighted by Crippen LogP contribution is 2.26. The quantitative estimate of drug-likeness (QED) is 0.874. The van der Waals surface area contributed by atoms with Crippen LogP contribution in [0.25, 0.3) is 0 Å². The number of nitrogens with one attached hydrogen (secondary N) is 1. The third kappa shape index (κ3) is 4.27. The van der Waals surface area contributed by atoms with E-state index in [1.807, 2.05) is 31.2 Å². The summed E-state index contributed by atoms with van der Waals surface area (Å²) in [6.45, 7) is 6.05. The van der Waals surface area contributed by atoms with Crippen LogP contribution in [-0.2, 0) is 15.0 Å². The lowest BCUT2D eigenvalue weighted by molar-refractivity contribution is -0.120. The Balaban J connectivity index is 1.65. The highest BCUT2D eigenvalue weighted by atomic mass is 32.2. The Morgan fingerprint density at radius 2 is 1.77 bits per heavy atom. The van der Waals surface area contributed by atoms with E-state index in [9.17, 15) is 13.2 Å². The number of nitrogens with zero attached hydrogens (tertiary/aromatic N) is 2. The van der Waals surface area contributed by atoms with Crippen LogP contribution in [0.5, 0.6) is 0 Å². The van der Waals surface area contributed by atoms with E-state index in [2.05, 4.69) is 12.2 Å². The van der Waals surface area contributed by atoms with Crippen molar-refractivity contribution in [3.8, 4) is 0 Å². The van der Waals surface area contributed by atoms with E-state index >= 15 is 0 Å². The molecule has 26 heavy (non-hydrogen) atoms. The van der Waals surface area contributed by atoms with E-state index < -0.39 is 10.2 Å². The SMILES string of the molecule is Cc1ccccc1NC(=O)C1CCCN(S(=O)(=O)N2CCC(C)CC2)C1. The molecule has 1 N–H and O–H groups in total. The van der Waals surface area contributed by atoms with Crippen LogP contribution < -0.4 is 5.32 Å². The van der Waals surface area contributed by atoms with E-state index in [0.717, 1.165) is 36.9 Å². The van der Waals surface area contributed by atoms with Crippen LogP contribution in [0.3, 0.4) is 0 Å². The lowest BCUT2D eigenvalue weighted by Crippen LogP contribution is -2.51. The van der Waals surface area contributed by atoms with Gasteiger partial charge in [-0.15, -0.1) is 0 Å². The van der Waals surface area contributed by atoms with E-state index in [1.54, 1.807) is 4.31 Å². The zero-order chi connectivity index (χ0) is 18.7. The van der Waals surface area contributed by atoms with Crippen LogP contribution in [0.15, 0.2) is 24.3 Å². The zero-order valence-electron chi connectivity index (χ0n) is 15.6. The predicted octanol–water partition coefficient (Wildman–Crippen LogP) is 2.62. The molecule has 144 valence electrons. The molecule has 2 aliphatic heterocycles. The number of hydrogen-bond donors (Lipinski definition) is 1. The molecule has 3 rings (SSSR count). The topological polar surface area (TPSA) is 69.7 Å². The molecule has 2 fully saturated rings. The molecule has 1 atom stereocenters. The minimum absolute atomic E-state index is 0.0912. The minimum Gasteiger partial charge on any atom is -0.326 e. The monoisotopic (exact) mass is 379 g/mol. The molecule has 2 aliphatic rings. The molecule has 0 bridgehead atoms. The van der Waals surface area contributed by atoms with Crippen LogP contribution in [0.2, 0.25) is 0 Å². The van der Waals surface area contributed by atoms with Crippen molar-refractivity contribution in [2.75, 3.05) is 31.5 Å². The first-order chi connectivity index (χ1) is 12.4. The minimum atomic E-state index is -3.47. The summed E-state index contributed by atoms with van der Waals surface area (Å²) in [6.07, 6.45) is 3.25. The van der Waals surface area contributed by atoms with E-state index in [-0.39, 0.29) is 18.4 Å². The molecule has 0 aliphatic carbocycles. The Kier molecular flexibility index (Phi) is 5.99. The molecule has 1 aromatic rings. The van der Waals surface area contributed by atoms with Crippen LogP contribution in [0.1, 0.15) is 38.2 Å². The molecule has 0 spiro atoms. The Morgan fingerprint density at radius 3 is 2.46 bits per heavy atom. The summed E-state index contributed by atoms with van der Waals surface area (Å²) in [5.74, 6) is 0.184. The second kappa shape index (κ2) is 8.06. The van der Waals surface area contributed by atoms with Crippen molar-refractivity contribution >= 4 is 21.8 Å². The number of anilines is 1. The largest absolute Gasteiger partial charge is 0.326 e. The third-order valence-corrected chi connectivity index (χ3v) is 7.55. The number of hydrogen-bond acceptors (Lipinski definition) is 3. The fraction of sp³-hybridized carbons (Fsp3) is 0.632. The highest BCUT2D eigenvalue weighted by Gasteiger charge is 2.37. The first kappa shape index (κ1) is 19.3. The second-order valence-electron chi connectivity index (χ2n) is 7.59. The number of aryl methyl sites for hydroxylation is 1. The lowest BCUT2D eigenvalue weighted by atomic mass is 9.98. The van der Waals surface area contributed by atoms with E-state index in [4.69, 9.17) is 0 Å². The number of benzene rings is 1. The summed E-state index contributed by atoms with van der Waals surface area (Å²) < 4.78 is 29.0. The average Bonchev–Trinajstić information content (AvgIpc) is 2.64. The van der Waals surface area contributed by atoms with Gasteiger partial charge in [-0.1, -0.05) is 25.1 Å². The van der Waals surface area contributed by atoms with Crippen LogP contribution >= 0.6 is 0 Å². The second-order valence-corrected chi connectivity index (χ2v) is 9.52. The molecular formula is C19H29N3O3S. The molecule has 6 nitrogen and oxygen atoms in total. The summed E-state index contributed by atoms with van der Waals surface area (Å²) in [7, 11) is -3.47. The molecular weight excluding hydrogens is 350 g/mol. The highest BCUT2D eigenvalue weighted by molar-refractivity contribution is 7.86. The van der Waals surface area contributed by atoms with E-state index in [0.29, 0.717) is 25.6 Å². The number of carbonyl (C=O) groups is 1. The smallest absolute Gasteiger partial charge is 0.281 e. The van der Waals surface area contributed by atoms with Crippen molar-refractivity contribution in [1.82, 2.24) is 8.61 Å². The third-order valence-electron chi connectivity index (χ3n) is 5.55. The average molecular weight is 380 g/mol.